The van der Waals surface area contributed by atoms with E-state index in [1.807, 2.05) is 0 Å². The van der Waals surface area contributed by atoms with E-state index in [4.69, 9.17) is 26.8 Å². The maximum Gasteiger partial charge on any atom is 0.343 e. The van der Waals surface area contributed by atoms with E-state index in [9.17, 15) is 9.59 Å². The monoisotopic (exact) mass is 385 g/mol. The molecule has 0 unspecified atom stereocenters. The van der Waals surface area contributed by atoms with Crippen molar-refractivity contribution in [1.82, 2.24) is 0 Å². The second-order valence-electron chi connectivity index (χ2n) is 4.75. The number of thiophene rings is 1. The maximum absolute atomic E-state index is 12.2. The average Bonchev–Trinajstić information content (AvgIpc) is 2.77. The van der Waals surface area contributed by atoms with Crippen LogP contribution in [-0.4, -0.2) is 18.5 Å². The van der Waals surface area contributed by atoms with Gasteiger partial charge in [-0.1, -0.05) is 23.4 Å². The topological polar surface area (TPSA) is 78.6 Å². The standard InChI is InChI=1S/C16H16ClNO4S2/c1-4-21-15(20)13-8(2)23-16(14(13)22-9(3)19)24-12-6-5-10(17)7-11(12)18/h5-7H,4,18H2,1-3H3. The molecule has 1 aromatic carbocycles. The molecule has 2 N–H and O–H groups in total. The van der Waals surface area contributed by atoms with Crippen molar-refractivity contribution in [3.63, 3.8) is 0 Å². The first kappa shape index (κ1) is 18.6. The van der Waals surface area contributed by atoms with Crippen molar-refractivity contribution in [2.24, 2.45) is 0 Å². The fourth-order valence-electron chi connectivity index (χ4n) is 1.95. The van der Waals surface area contributed by atoms with Gasteiger partial charge in [-0.2, -0.15) is 0 Å². The molecular weight excluding hydrogens is 370 g/mol. The number of anilines is 1. The first-order chi connectivity index (χ1) is 11.3. The Kier molecular flexibility index (Phi) is 6.15. The Morgan fingerprint density at radius 1 is 1.38 bits per heavy atom. The van der Waals surface area contributed by atoms with E-state index in [1.165, 1.54) is 30.0 Å². The van der Waals surface area contributed by atoms with E-state index in [1.54, 1.807) is 32.0 Å². The van der Waals surface area contributed by atoms with Crippen LogP contribution in [0.4, 0.5) is 5.69 Å². The summed E-state index contributed by atoms with van der Waals surface area (Å²) in [5.41, 5.74) is 6.75. The van der Waals surface area contributed by atoms with Crippen LogP contribution < -0.4 is 10.5 Å². The van der Waals surface area contributed by atoms with Gasteiger partial charge >= 0.3 is 11.9 Å². The number of nitrogen functional groups attached to an aromatic ring is 1. The summed E-state index contributed by atoms with van der Waals surface area (Å²) in [6.07, 6.45) is 0. The molecule has 24 heavy (non-hydrogen) atoms. The normalized spacial score (nSPS) is 10.5. The zero-order valence-corrected chi connectivity index (χ0v) is 15.7. The number of halogens is 1. The van der Waals surface area contributed by atoms with Gasteiger partial charge in [-0.3, -0.25) is 4.79 Å². The van der Waals surface area contributed by atoms with E-state index in [0.29, 0.717) is 19.8 Å². The van der Waals surface area contributed by atoms with Crippen LogP contribution in [0.2, 0.25) is 5.02 Å². The van der Waals surface area contributed by atoms with Crippen LogP contribution in [0.25, 0.3) is 0 Å². The third-order valence-electron chi connectivity index (χ3n) is 2.91. The number of esters is 2. The Labute approximate surface area is 153 Å². The molecule has 0 radical (unpaired) electrons. The highest BCUT2D eigenvalue weighted by atomic mass is 35.5. The highest BCUT2D eigenvalue weighted by molar-refractivity contribution is 8.01. The van der Waals surface area contributed by atoms with E-state index in [2.05, 4.69) is 0 Å². The Morgan fingerprint density at radius 3 is 2.67 bits per heavy atom. The second-order valence-corrected chi connectivity index (χ2v) is 7.72. The molecular formula is C16H16ClNO4S2. The summed E-state index contributed by atoms with van der Waals surface area (Å²) in [5.74, 6) is -0.814. The lowest BCUT2D eigenvalue weighted by Crippen LogP contribution is -2.10. The average molecular weight is 386 g/mol. The number of ether oxygens (including phenoxy) is 2. The molecule has 128 valence electrons. The molecule has 0 saturated carbocycles. The summed E-state index contributed by atoms with van der Waals surface area (Å²) in [6.45, 7) is 5.02. The first-order valence-corrected chi connectivity index (χ1v) is 9.06. The third-order valence-corrected chi connectivity index (χ3v) is 5.49. The Morgan fingerprint density at radius 2 is 2.08 bits per heavy atom. The molecule has 0 amide bonds. The Hall–Kier alpha value is -1.70. The molecule has 0 saturated heterocycles. The van der Waals surface area contributed by atoms with E-state index < -0.39 is 11.9 Å². The van der Waals surface area contributed by atoms with Gasteiger partial charge in [0.05, 0.1) is 6.61 Å². The quantitative estimate of drug-likeness (QED) is 0.601. The number of hydrogen-bond acceptors (Lipinski definition) is 7. The van der Waals surface area contributed by atoms with Gasteiger partial charge in [0.1, 0.15) is 9.77 Å². The zero-order chi connectivity index (χ0) is 17.9. The lowest BCUT2D eigenvalue weighted by molar-refractivity contribution is -0.132. The van der Waals surface area contributed by atoms with Crippen molar-refractivity contribution in [3.8, 4) is 5.75 Å². The van der Waals surface area contributed by atoms with Gasteiger partial charge in [0.2, 0.25) is 0 Å². The fraction of sp³-hybridized carbons (Fsp3) is 0.250. The van der Waals surface area contributed by atoms with Gasteiger partial charge < -0.3 is 15.2 Å². The van der Waals surface area contributed by atoms with Gasteiger partial charge in [-0.05, 0) is 32.0 Å². The molecule has 5 nitrogen and oxygen atoms in total. The molecule has 2 aromatic rings. The van der Waals surface area contributed by atoms with Crippen LogP contribution in [0.5, 0.6) is 5.75 Å². The van der Waals surface area contributed by atoms with Gasteiger partial charge in [0.25, 0.3) is 0 Å². The third kappa shape index (κ3) is 4.23. The summed E-state index contributed by atoms with van der Waals surface area (Å²) in [5, 5.41) is 0.534. The van der Waals surface area contributed by atoms with Crippen LogP contribution in [-0.2, 0) is 9.53 Å². The van der Waals surface area contributed by atoms with E-state index >= 15 is 0 Å². The van der Waals surface area contributed by atoms with Crippen LogP contribution in [0.15, 0.2) is 27.3 Å². The summed E-state index contributed by atoms with van der Waals surface area (Å²) < 4.78 is 11.0. The molecule has 0 fully saturated rings. The van der Waals surface area contributed by atoms with Crippen molar-refractivity contribution >= 4 is 52.3 Å². The van der Waals surface area contributed by atoms with Crippen molar-refractivity contribution in [1.29, 1.82) is 0 Å². The predicted octanol–water partition coefficient (Wildman–Crippen LogP) is 4.55. The largest absolute Gasteiger partial charge is 0.462 e. The molecule has 8 heteroatoms. The number of benzene rings is 1. The molecule has 1 aromatic heterocycles. The number of carbonyl (C=O) groups is 2. The van der Waals surface area contributed by atoms with Crippen molar-refractivity contribution in [2.45, 2.75) is 29.9 Å². The van der Waals surface area contributed by atoms with Crippen molar-refractivity contribution < 1.29 is 19.1 Å². The van der Waals surface area contributed by atoms with Crippen molar-refractivity contribution in [3.05, 3.63) is 33.7 Å². The zero-order valence-electron chi connectivity index (χ0n) is 13.3. The molecule has 1 heterocycles. The van der Waals surface area contributed by atoms with Crippen LogP contribution in [0, 0.1) is 6.92 Å². The van der Waals surface area contributed by atoms with E-state index in [-0.39, 0.29) is 17.9 Å². The first-order valence-electron chi connectivity index (χ1n) is 7.05. The Balaban J connectivity index is 2.47. The van der Waals surface area contributed by atoms with Gasteiger partial charge in [-0.15, -0.1) is 11.3 Å². The molecule has 0 atom stereocenters. The molecule has 0 aliphatic carbocycles. The number of hydrogen-bond donors (Lipinski definition) is 1. The number of nitrogens with two attached hydrogens (primary N) is 1. The highest BCUT2D eigenvalue weighted by Crippen LogP contribution is 2.46. The summed E-state index contributed by atoms with van der Waals surface area (Å²) in [4.78, 5) is 25.1. The molecule has 0 spiro atoms. The maximum atomic E-state index is 12.2. The van der Waals surface area contributed by atoms with E-state index in [0.717, 1.165) is 4.90 Å². The smallest absolute Gasteiger partial charge is 0.343 e. The van der Waals surface area contributed by atoms with Gasteiger partial charge in [-0.25, -0.2) is 4.79 Å². The SMILES string of the molecule is CCOC(=O)c1c(C)sc(Sc2ccc(Cl)cc2N)c1OC(C)=O. The van der Waals surface area contributed by atoms with Crippen LogP contribution in [0.3, 0.4) is 0 Å². The lowest BCUT2D eigenvalue weighted by atomic mass is 10.2. The van der Waals surface area contributed by atoms with Crippen molar-refractivity contribution in [2.75, 3.05) is 12.3 Å². The summed E-state index contributed by atoms with van der Waals surface area (Å²) in [7, 11) is 0. The predicted molar refractivity (Wildman–Crippen MR) is 96.3 cm³/mol. The fourth-order valence-corrected chi connectivity index (χ4v) is 4.49. The van der Waals surface area contributed by atoms with Gasteiger partial charge in [0.15, 0.2) is 5.75 Å². The minimum atomic E-state index is -0.515. The number of carbonyl (C=O) groups excluding carboxylic acids is 2. The van der Waals surface area contributed by atoms with Crippen LogP contribution in [0.1, 0.15) is 29.1 Å². The van der Waals surface area contributed by atoms with Crippen LogP contribution >= 0.6 is 34.7 Å². The summed E-state index contributed by atoms with van der Waals surface area (Å²) in [6, 6.07) is 5.14. The molecule has 0 aliphatic heterocycles. The molecule has 0 aliphatic rings. The minimum absolute atomic E-state index is 0.211. The number of rotatable bonds is 5. The Bertz CT molecular complexity index is 789. The second kappa shape index (κ2) is 7.92. The highest BCUT2D eigenvalue weighted by Gasteiger charge is 2.26. The molecule has 2 rings (SSSR count). The minimum Gasteiger partial charge on any atom is -0.462 e. The summed E-state index contributed by atoms with van der Waals surface area (Å²) >= 11 is 8.56. The molecule has 0 bridgehead atoms. The number of aryl methyl sites for hydroxylation is 1. The van der Waals surface area contributed by atoms with Gasteiger partial charge in [0, 0.05) is 27.4 Å². The lowest BCUT2D eigenvalue weighted by Gasteiger charge is -2.08.